The van der Waals surface area contributed by atoms with Crippen LogP contribution in [-0.2, 0) is 4.79 Å². The third-order valence-electron chi connectivity index (χ3n) is 0. The standard InChI is InChI=1S/C2H4O2.C2H6.CH4O/c1-2(3)4;2*1-2/h1H3,(H,3,4);1-2H3;2H,1H3. The molecule has 0 amide bonds. The maximum absolute atomic E-state index is 9.00. The second-order valence-corrected chi connectivity index (χ2v) is 0.519. The number of aliphatic hydroxyl groups excluding tert-OH is 1. The van der Waals surface area contributed by atoms with E-state index in [0.717, 1.165) is 14.0 Å². The van der Waals surface area contributed by atoms with E-state index in [1.54, 1.807) is 0 Å². The van der Waals surface area contributed by atoms with Crippen LogP contribution in [0.3, 0.4) is 0 Å². The average Bonchev–Trinajstić information content (AvgIpc) is 1.75. The van der Waals surface area contributed by atoms with Gasteiger partial charge >= 0.3 is 0 Å². The summed E-state index contributed by atoms with van der Waals surface area (Å²) < 4.78 is 0. The molecular formula is C5H14O3. The Balaban J connectivity index is -0.0000000542. The molecule has 0 bridgehead atoms. The summed E-state index contributed by atoms with van der Waals surface area (Å²) in [5.74, 6) is -0.833. The number of aliphatic carboxylic acids is 1. The van der Waals surface area contributed by atoms with Crippen molar-refractivity contribution in [1.29, 1.82) is 0 Å². The van der Waals surface area contributed by atoms with Gasteiger partial charge in [0.05, 0.1) is 0 Å². The van der Waals surface area contributed by atoms with Crippen LogP contribution in [0.1, 0.15) is 20.8 Å². The van der Waals surface area contributed by atoms with Crippen LogP contribution in [0.25, 0.3) is 0 Å². The molecule has 0 aromatic carbocycles. The van der Waals surface area contributed by atoms with Crippen molar-refractivity contribution in [2.75, 3.05) is 7.11 Å². The van der Waals surface area contributed by atoms with Crippen LogP contribution in [-0.4, -0.2) is 23.3 Å². The Bertz CT molecular complexity index is 30.7. The summed E-state index contributed by atoms with van der Waals surface area (Å²) in [5.41, 5.74) is 0. The summed E-state index contributed by atoms with van der Waals surface area (Å²) in [5, 5.41) is 14.4. The van der Waals surface area contributed by atoms with Gasteiger partial charge in [-0.05, 0) is 0 Å². The molecule has 0 radical (unpaired) electrons. The molecule has 3 nitrogen and oxygen atoms in total. The monoisotopic (exact) mass is 122 g/mol. The molecule has 52 valence electrons. The van der Waals surface area contributed by atoms with Gasteiger partial charge in [-0.2, -0.15) is 0 Å². The summed E-state index contributed by atoms with van der Waals surface area (Å²) in [7, 11) is 1.00. The molecule has 0 rings (SSSR count). The van der Waals surface area contributed by atoms with Crippen LogP contribution in [0.4, 0.5) is 0 Å². The molecule has 0 heterocycles. The van der Waals surface area contributed by atoms with Gasteiger partial charge in [-0.15, -0.1) is 0 Å². The smallest absolute Gasteiger partial charge is 0.300 e. The lowest BCUT2D eigenvalue weighted by molar-refractivity contribution is -0.134. The first-order valence-electron chi connectivity index (χ1n) is 2.37. The van der Waals surface area contributed by atoms with Crippen molar-refractivity contribution in [1.82, 2.24) is 0 Å². The quantitative estimate of drug-likeness (QED) is 0.498. The normalized spacial score (nSPS) is 4.62. The van der Waals surface area contributed by atoms with Gasteiger partial charge in [0.25, 0.3) is 5.97 Å². The maximum atomic E-state index is 9.00. The highest BCUT2D eigenvalue weighted by Crippen LogP contribution is 1.42. The van der Waals surface area contributed by atoms with E-state index in [2.05, 4.69) is 0 Å². The third kappa shape index (κ3) is 328. The van der Waals surface area contributed by atoms with E-state index in [9.17, 15) is 0 Å². The largest absolute Gasteiger partial charge is 0.481 e. The Morgan fingerprint density at radius 3 is 1.25 bits per heavy atom. The molecule has 0 saturated heterocycles. The minimum atomic E-state index is -0.833. The fourth-order valence-corrected chi connectivity index (χ4v) is 0. The molecule has 0 fully saturated rings. The number of aliphatic hydroxyl groups is 1. The van der Waals surface area contributed by atoms with E-state index in [0.29, 0.717) is 0 Å². The van der Waals surface area contributed by atoms with Crippen molar-refractivity contribution in [3.05, 3.63) is 0 Å². The minimum absolute atomic E-state index is 0.833. The number of hydrogen-bond donors (Lipinski definition) is 2. The van der Waals surface area contributed by atoms with Crippen molar-refractivity contribution in [3.8, 4) is 0 Å². The zero-order valence-corrected chi connectivity index (χ0v) is 5.80. The fourth-order valence-electron chi connectivity index (χ4n) is 0. The number of carboxylic acid groups (broad SMARTS) is 1. The SMILES string of the molecule is CC.CC(=O)O.CO. The van der Waals surface area contributed by atoms with E-state index in [-0.39, 0.29) is 0 Å². The molecule has 0 unspecified atom stereocenters. The van der Waals surface area contributed by atoms with E-state index >= 15 is 0 Å². The second kappa shape index (κ2) is 32.1. The van der Waals surface area contributed by atoms with Crippen molar-refractivity contribution in [2.24, 2.45) is 0 Å². The molecular weight excluding hydrogens is 108 g/mol. The van der Waals surface area contributed by atoms with Crippen molar-refractivity contribution in [2.45, 2.75) is 20.8 Å². The van der Waals surface area contributed by atoms with Crippen LogP contribution in [0.5, 0.6) is 0 Å². The molecule has 0 aliphatic carbocycles. The van der Waals surface area contributed by atoms with Gasteiger partial charge < -0.3 is 10.2 Å². The van der Waals surface area contributed by atoms with Gasteiger partial charge in [0.15, 0.2) is 0 Å². The summed E-state index contributed by atoms with van der Waals surface area (Å²) >= 11 is 0. The van der Waals surface area contributed by atoms with Gasteiger partial charge in [-0.25, -0.2) is 0 Å². The first-order valence-corrected chi connectivity index (χ1v) is 2.37. The Kier molecular flexibility index (Phi) is 62.8. The Morgan fingerprint density at radius 1 is 1.25 bits per heavy atom. The van der Waals surface area contributed by atoms with E-state index in [4.69, 9.17) is 15.0 Å². The second-order valence-electron chi connectivity index (χ2n) is 0.519. The van der Waals surface area contributed by atoms with Gasteiger partial charge in [0, 0.05) is 14.0 Å². The summed E-state index contributed by atoms with van der Waals surface area (Å²) in [6.07, 6.45) is 0. The first kappa shape index (κ1) is 15.7. The lowest BCUT2D eigenvalue weighted by Gasteiger charge is -1.59. The predicted octanol–water partition coefficient (Wildman–Crippen LogP) is 0.726. The van der Waals surface area contributed by atoms with Gasteiger partial charge in [0.1, 0.15) is 0 Å². The lowest BCUT2D eigenvalue weighted by atomic mass is 10.9. The summed E-state index contributed by atoms with van der Waals surface area (Å²) in [6, 6.07) is 0. The molecule has 2 N–H and O–H groups in total. The number of hydrogen-bond acceptors (Lipinski definition) is 2. The molecule has 8 heavy (non-hydrogen) atoms. The number of rotatable bonds is 0. The van der Waals surface area contributed by atoms with Gasteiger partial charge in [-0.3, -0.25) is 4.79 Å². The summed E-state index contributed by atoms with van der Waals surface area (Å²) in [4.78, 5) is 9.00. The summed E-state index contributed by atoms with van der Waals surface area (Å²) in [6.45, 7) is 5.08. The highest BCUT2D eigenvalue weighted by atomic mass is 16.4. The molecule has 0 aliphatic heterocycles. The molecule has 0 aromatic heterocycles. The molecule has 0 atom stereocenters. The van der Waals surface area contributed by atoms with Gasteiger partial charge in [0.2, 0.25) is 0 Å². The Morgan fingerprint density at radius 2 is 1.25 bits per heavy atom. The third-order valence-corrected chi connectivity index (χ3v) is 0. The Labute approximate surface area is 50.0 Å². The zero-order valence-electron chi connectivity index (χ0n) is 5.80. The zero-order chi connectivity index (χ0) is 7.58. The van der Waals surface area contributed by atoms with Crippen molar-refractivity contribution < 1.29 is 15.0 Å². The molecule has 0 aromatic rings. The average molecular weight is 122 g/mol. The van der Waals surface area contributed by atoms with E-state index < -0.39 is 5.97 Å². The minimum Gasteiger partial charge on any atom is -0.481 e. The van der Waals surface area contributed by atoms with Crippen molar-refractivity contribution in [3.63, 3.8) is 0 Å². The van der Waals surface area contributed by atoms with Crippen LogP contribution in [0, 0.1) is 0 Å². The number of carbonyl (C=O) groups is 1. The highest BCUT2D eigenvalue weighted by molar-refractivity contribution is 5.62. The van der Waals surface area contributed by atoms with Crippen LogP contribution in [0.2, 0.25) is 0 Å². The van der Waals surface area contributed by atoms with Crippen LogP contribution >= 0.6 is 0 Å². The Hall–Kier alpha value is -0.570. The lowest BCUT2D eigenvalue weighted by Crippen LogP contribution is -1.78. The number of carboxylic acids is 1. The highest BCUT2D eigenvalue weighted by Gasteiger charge is 1.65. The molecule has 3 heteroatoms. The predicted molar refractivity (Wildman–Crippen MR) is 32.8 cm³/mol. The van der Waals surface area contributed by atoms with Crippen molar-refractivity contribution >= 4 is 5.97 Å². The van der Waals surface area contributed by atoms with Crippen LogP contribution < -0.4 is 0 Å². The maximum Gasteiger partial charge on any atom is 0.300 e. The van der Waals surface area contributed by atoms with Gasteiger partial charge in [-0.1, -0.05) is 13.8 Å². The van der Waals surface area contributed by atoms with Crippen LogP contribution in [0.15, 0.2) is 0 Å². The van der Waals surface area contributed by atoms with E-state index in [1.807, 2.05) is 13.8 Å². The molecule has 0 saturated carbocycles. The van der Waals surface area contributed by atoms with E-state index in [1.165, 1.54) is 0 Å². The fraction of sp³-hybridized carbons (Fsp3) is 0.800. The first-order chi connectivity index (χ1) is 3.73. The topological polar surface area (TPSA) is 57.5 Å². The molecule has 0 aliphatic rings. The molecule has 0 spiro atoms.